The Morgan fingerprint density at radius 3 is 2.56 bits per heavy atom. The summed E-state index contributed by atoms with van der Waals surface area (Å²) in [6.07, 6.45) is 0. The van der Waals surface area contributed by atoms with Crippen molar-refractivity contribution in [3.8, 4) is 0 Å². The highest BCUT2D eigenvalue weighted by molar-refractivity contribution is 14.1. The monoisotopic (exact) mass is 359 g/mol. The molecule has 6 heteroatoms. The molecule has 0 heterocycles. The first kappa shape index (κ1) is 14.8. The summed E-state index contributed by atoms with van der Waals surface area (Å²) >= 11 is 2.07. The minimum atomic E-state index is -0.552. The number of benzene rings is 1. The van der Waals surface area contributed by atoms with Gasteiger partial charge in [0.05, 0.1) is 5.56 Å². The molecular formula is C12H14IN3O2. The lowest BCUT2D eigenvalue weighted by Gasteiger charge is -2.20. The molecule has 0 aromatic heterocycles. The molecule has 0 spiro atoms. The van der Waals surface area contributed by atoms with Crippen molar-refractivity contribution in [1.82, 2.24) is 0 Å². The summed E-state index contributed by atoms with van der Waals surface area (Å²) in [5, 5.41) is 3.57. The molecule has 0 saturated carbocycles. The molecule has 1 aromatic carbocycles. The molecule has 0 saturated heterocycles. The first-order valence-electron chi connectivity index (χ1n) is 5.33. The van der Waals surface area contributed by atoms with Gasteiger partial charge in [-0.05, 0) is 73.5 Å². The van der Waals surface area contributed by atoms with Crippen molar-refractivity contribution in [3.05, 3.63) is 37.3 Å². The number of carbonyl (C=O) groups is 1. The number of esters is 1. The van der Waals surface area contributed by atoms with E-state index in [9.17, 15) is 4.79 Å². The van der Waals surface area contributed by atoms with E-state index in [1.807, 2.05) is 20.8 Å². The third-order valence-corrected chi connectivity index (χ3v) is 2.74. The third-order valence-electron chi connectivity index (χ3n) is 2.12. The van der Waals surface area contributed by atoms with Crippen LogP contribution in [0.15, 0.2) is 17.2 Å². The van der Waals surface area contributed by atoms with Crippen LogP contribution in [0.3, 0.4) is 0 Å². The average Bonchev–Trinajstić information content (AvgIpc) is 2.20. The quantitative estimate of drug-likeness (QED) is 0.256. The van der Waals surface area contributed by atoms with Gasteiger partial charge in [0.15, 0.2) is 0 Å². The van der Waals surface area contributed by atoms with Crippen LogP contribution in [-0.4, -0.2) is 11.6 Å². The average molecular weight is 359 g/mol. The van der Waals surface area contributed by atoms with E-state index in [2.05, 4.69) is 32.6 Å². The molecule has 0 aliphatic heterocycles. The minimum Gasteiger partial charge on any atom is -0.456 e. The third kappa shape index (κ3) is 3.89. The maximum absolute atomic E-state index is 12.0. The molecule has 0 N–H and O–H groups in total. The lowest BCUT2D eigenvalue weighted by atomic mass is 10.1. The smallest absolute Gasteiger partial charge is 0.338 e. The summed E-state index contributed by atoms with van der Waals surface area (Å²) in [6.45, 7) is 7.16. The summed E-state index contributed by atoms with van der Waals surface area (Å²) < 4.78 is 6.14. The molecule has 5 nitrogen and oxygen atoms in total. The molecule has 0 radical (unpaired) electrons. The summed E-state index contributed by atoms with van der Waals surface area (Å²) in [5.41, 5.74) is 9.44. The van der Waals surface area contributed by atoms with Crippen LogP contribution in [0.2, 0.25) is 0 Å². The van der Waals surface area contributed by atoms with E-state index >= 15 is 0 Å². The molecule has 0 unspecified atom stereocenters. The number of azide groups is 1. The van der Waals surface area contributed by atoms with Crippen molar-refractivity contribution in [3.63, 3.8) is 0 Å². The largest absolute Gasteiger partial charge is 0.456 e. The highest BCUT2D eigenvalue weighted by Crippen LogP contribution is 2.27. The van der Waals surface area contributed by atoms with Gasteiger partial charge in [0.25, 0.3) is 0 Å². The molecule has 96 valence electrons. The topological polar surface area (TPSA) is 75.1 Å². The van der Waals surface area contributed by atoms with Crippen molar-refractivity contribution in [1.29, 1.82) is 0 Å². The Morgan fingerprint density at radius 2 is 2.06 bits per heavy atom. The SMILES string of the molecule is Cc1c(N=[N+]=[N-])cc(I)cc1C(=O)OC(C)(C)C. The van der Waals surface area contributed by atoms with Crippen molar-refractivity contribution in [2.45, 2.75) is 33.3 Å². The summed E-state index contributed by atoms with van der Waals surface area (Å²) in [4.78, 5) is 14.8. The lowest BCUT2D eigenvalue weighted by Crippen LogP contribution is -2.24. The zero-order valence-electron chi connectivity index (χ0n) is 10.7. The molecule has 0 aliphatic carbocycles. The van der Waals surface area contributed by atoms with Gasteiger partial charge in [-0.1, -0.05) is 5.11 Å². The fraction of sp³-hybridized carbons (Fsp3) is 0.417. The first-order chi connectivity index (χ1) is 8.24. The van der Waals surface area contributed by atoms with Crippen molar-refractivity contribution in [2.75, 3.05) is 0 Å². The number of halogens is 1. The molecular weight excluding hydrogens is 345 g/mol. The predicted molar refractivity (Wildman–Crippen MR) is 77.9 cm³/mol. The highest BCUT2D eigenvalue weighted by Gasteiger charge is 2.20. The normalized spacial score (nSPS) is 10.7. The van der Waals surface area contributed by atoms with E-state index in [4.69, 9.17) is 10.3 Å². The fourth-order valence-electron chi connectivity index (χ4n) is 1.36. The van der Waals surface area contributed by atoms with Gasteiger partial charge in [0.2, 0.25) is 0 Å². The van der Waals surface area contributed by atoms with Gasteiger partial charge >= 0.3 is 5.97 Å². The Balaban J connectivity index is 3.24. The van der Waals surface area contributed by atoms with E-state index in [-0.39, 0.29) is 0 Å². The van der Waals surface area contributed by atoms with Gasteiger partial charge in [-0.2, -0.15) is 0 Å². The zero-order chi connectivity index (χ0) is 13.9. The van der Waals surface area contributed by atoms with E-state index in [0.717, 1.165) is 3.57 Å². The maximum atomic E-state index is 12.0. The summed E-state index contributed by atoms with van der Waals surface area (Å²) in [6, 6.07) is 3.45. The number of rotatable bonds is 2. The van der Waals surface area contributed by atoms with Crippen molar-refractivity contribution >= 4 is 34.2 Å². The second kappa shape index (κ2) is 5.58. The van der Waals surface area contributed by atoms with Crippen LogP contribution in [0.1, 0.15) is 36.7 Å². The Morgan fingerprint density at radius 1 is 1.44 bits per heavy atom. The first-order valence-corrected chi connectivity index (χ1v) is 6.41. The molecule has 1 aromatic rings. The van der Waals surface area contributed by atoms with E-state index in [1.165, 1.54) is 0 Å². The second-order valence-corrected chi connectivity index (χ2v) is 6.03. The van der Waals surface area contributed by atoms with Gasteiger partial charge in [-0.3, -0.25) is 0 Å². The van der Waals surface area contributed by atoms with Crippen LogP contribution < -0.4 is 0 Å². The maximum Gasteiger partial charge on any atom is 0.338 e. The van der Waals surface area contributed by atoms with Crippen LogP contribution in [0.4, 0.5) is 5.69 Å². The molecule has 1 rings (SSSR count). The zero-order valence-corrected chi connectivity index (χ0v) is 12.8. The standard InChI is InChI=1S/C12H14IN3O2/c1-7-9(11(17)18-12(2,3)4)5-8(13)6-10(7)15-16-14/h5-6H,1-4H3. The summed E-state index contributed by atoms with van der Waals surface area (Å²) in [5.74, 6) is -0.409. The highest BCUT2D eigenvalue weighted by atomic mass is 127. The molecule has 0 aliphatic rings. The van der Waals surface area contributed by atoms with Gasteiger partial charge in [0, 0.05) is 14.2 Å². The Kier molecular flexibility index (Phi) is 4.59. The van der Waals surface area contributed by atoms with Crippen LogP contribution in [0.5, 0.6) is 0 Å². The number of hydrogen-bond acceptors (Lipinski definition) is 3. The van der Waals surface area contributed by atoms with E-state index in [0.29, 0.717) is 16.8 Å². The van der Waals surface area contributed by atoms with Crippen molar-refractivity contribution < 1.29 is 9.53 Å². The molecule has 0 amide bonds. The molecule has 0 atom stereocenters. The number of hydrogen-bond donors (Lipinski definition) is 0. The number of carbonyl (C=O) groups excluding carboxylic acids is 1. The van der Waals surface area contributed by atoms with E-state index < -0.39 is 11.6 Å². The Bertz CT molecular complexity index is 529. The Labute approximate surface area is 119 Å². The predicted octanol–water partition coefficient (Wildman–Crippen LogP) is 4.50. The summed E-state index contributed by atoms with van der Waals surface area (Å²) in [7, 11) is 0. The van der Waals surface area contributed by atoms with Crippen LogP contribution in [0.25, 0.3) is 10.4 Å². The minimum absolute atomic E-state index is 0.409. The van der Waals surface area contributed by atoms with Gasteiger partial charge in [0.1, 0.15) is 5.60 Å². The second-order valence-electron chi connectivity index (χ2n) is 4.79. The molecule has 0 fully saturated rings. The van der Waals surface area contributed by atoms with Gasteiger partial charge in [-0.15, -0.1) is 0 Å². The van der Waals surface area contributed by atoms with Gasteiger partial charge in [-0.25, -0.2) is 4.79 Å². The Hall–Kier alpha value is -1.27. The van der Waals surface area contributed by atoms with Gasteiger partial charge < -0.3 is 4.74 Å². The fourth-order valence-corrected chi connectivity index (χ4v) is 1.97. The van der Waals surface area contributed by atoms with Crippen molar-refractivity contribution in [2.24, 2.45) is 5.11 Å². The van der Waals surface area contributed by atoms with Crippen LogP contribution in [0, 0.1) is 10.5 Å². The lowest BCUT2D eigenvalue weighted by molar-refractivity contribution is 0.00687. The van der Waals surface area contributed by atoms with Crippen LogP contribution >= 0.6 is 22.6 Å². The number of nitrogens with zero attached hydrogens (tertiary/aromatic N) is 3. The van der Waals surface area contributed by atoms with E-state index in [1.54, 1.807) is 19.1 Å². The number of ether oxygens (including phenoxy) is 1. The molecule has 18 heavy (non-hydrogen) atoms. The molecule has 0 bridgehead atoms. The van der Waals surface area contributed by atoms with Crippen LogP contribution in [-0.2, 0) is 4.74 Å².